The Morgan fingerprint density at radius 1 is 0.967 bits per heavy atom. The van der Waals surface area contributed by atoms with Crippen LogP contribution in [-0.4, -0.2) is 70.7 Å². The van der Waals surface area contributed by atoms with Crippen molar-refractivity contribution in [2.24, 2.45) is 0 Å². The van der Waals surface area contributed by atoms with Gasteiger partial charge in [0.2, 0.25) is 10.0 Å². The highest BCUT2D eigenvalue weighted by atomic mass is 32.2. The van der Waals surface area contributed by atoms with Gasteiger partial charge in [0.1, 0.15) is 6.10 Å². The van der Waals surface area contributed by atoms with Gasteiger partial charge in [0, 0.05) is 32.8 Å². The van der Waals surface area contributed by atoms with Crippen molar-refractivity contribution in [3.63, 3.8) is 0 Å². The van der Waals surface area contributed by atoms with Crippen LogP contribution in [0.15, 0.2) is 23.1 Å². The zero-order valence-corrected chi connectivity index (χ0v) is 18.2. The van der Waals surface area contributed by atoms with Crippen LogP contribution in [0.1, 0.15) is 38.5 Å². The lowest BCUT2D eigenvalue weighted by Crippen LogP contribution is -2.40. The van der Waals surface area contributed by atoms with E-state index in [2.05, 4.69) is 10.2 Å². The second-order valence-electron chi connectivity index (χ2n) is 8.09. The summed E-state index contributed by atoms with van der Waals surface area (Å²) in [5, 5.41) is 2.97. The van der Waals surface area contributed by atoms with E-state index in [-0.39, 0.29) is 10.8 Å². The highest BCUT2D eigenvalue weighted by molar-refractivity contribution is 7.89. The van der Waals surface area contributed by atoms with E-state index in [0.29, 0.717) is 45.0 Å². The molecule has 4 rings (SSSR count). The third kappa shape index (κ3) is 4.80. The first-order valence-electron chi connectivity index (χ1n) is 10.9. The number of carbonyl (C=O) groups is 1. The minimum atomic E-state index is -3.64. The highest BCUT2D eigenvalue weighted by Gasteiger charge is 2.29. The van der Waals surface area contributed by atoms with Gasteiger partial charge >= 0.3 is 0 Å². The normalized spacial score (nSPS) is 23.9. The van der Waals surface area contributed by atoms with Gasteiger partial charge in [-0.05, 0) is 43.9 Å². The summed E-state index contributed by atoms with van der Waals surface area (Å²) in [6.45, 7) is 3.86. The van der Waals surface area contributed by atoms with Gasteiger partial charge in [-0.3, -0.25) is 4.79 Å². The molecule has 0 saturated carbocycles. The SMILES string of the molecule is O=C(Nc1cc(S(=O)(=O)N2CCOCC2)ccc1N1CCCCCC1)C1CCCO1. The van der Waals surface area contributed by atoms with Gasteiger partial charge in [-0.15, -0.1) is 0 Å². The van der Waals surface area contributed by atoms with Crippen LogP contribution in [0.4, 0.5) is 11.4 Å². The van der Waals surface area contributed by atoms with Crippen LogP contribution in [0.2, 0.25) is 0 Å². The first-order valence-corrected chi connectivity index (χ1v) is 12.4. The van der Waals surface area contributed by atoms with Crippen molar-refractivity contribution in [2.45, 2.75) is 49.5 Å². The van der Waals surface area contributed by atoms with E-state index < -0.39 is 16.1 Å². The molecule has 3 fully saturated rings. The summed E-state index contributed by atoms with van der Waals surface area (Å²) in [4.78, 5) is 15.2. The number of carbonyl (C=O) groups excluding carboxylic acids is 1. The van der Waals surface area contributed by atoms with Gasteiger partial charge in [-0.1, -0.05) is 12.8 Å². The number of ether oxygens (including phenoxy) is 2. The standard InChI is InChI=1S/C21H31N3O5S/c25-21(20-6-5-13-29-20)22-18-16-17(30(26,27)24-11-14-28-15-12-24)7-8-19(18)23-9-3-1-2-4-10-23/h7-8,16,20H,1-6,9-15H2,(H,22,25). The van der Waals surface area contributed by atoms with Gasteiger partial charge in [-0.2, -0.15) is 4.31 Å². The molecule has 1 aromatic rings. The van der Waals surface area contributed by atoms with Crippen LogP contribution in [0.25, 0.3) is 0 Å². The van der Waals surface area contributed by atoms with Crippen LogP contribution in [0.5, 0.6) is 0 Å². The highest BCUT2D eigenvalue weighted by Crippen LogP contribution is 2.32. The van der Waals surface area contributed by atoms with Crippen LogP contribution in [-0.2, 0) is 24.3 Å². The summed E-state index contributed by atoms with van der Waals surface area (Å²) in [5.41, 5.74) is 1.43. The quantitative estimate of drug-likeness (QED) is 0.760. The maximum atomic E-state index is 13.1. The maximum absolute atomic E-state index is 13.1. The molecular weight excluding hydrogens is 406 g/mol. The Labute approximate surface area is 178 Å². The lowest BCUT2D eigenvalue weighted by molar-refractivity contribution is -0.124. The summed E-state index contributed by atoms with van der Waals surface area (Å²) in [5.74, 6) is -0.204. The molecule has 3 aliphatic rings. The molecule has 0 radical (unpaired) electrons. The van der Waals surface area contributed by atoms with Crippen molar-refractivity contribution in [1.82, 2.24) is 4.31 Å². The van der Waals surface area contributed by atoms with Crippen molar-refractivity contribution in [3.8, 4) is 0 Å². The second-order valence-corrected chi connectivity index (χ2v) is 10.0. The minimum Gasteiger partial charge on any atom is -0.379 e. The summed E-state index contributed by atoms with van der Waals surface area (Å²) in [6.07, 6.45) is 5.65. The lowest BCUT2D eigenvalue weighted by Gasteiger charge is -2.28. The topological polar surface area (TPSA) is 88.2 Å². The maximum Gasteiger partial charge on any atom is 0.253 e. The number of benzene rings is 1. The Kier molecular flexibility index (Phi) is 6.92. The zero-order valence-electron chi connectivity index (χ0n) is 17.3. The number of morpholine rings is 1. The summed E-state index contributed by atoms with van der Waals surface area (Å²) in [6, 6.07) is 5.11. The first-order chi connectivity index (χ1) is 14.6. The van der Waals surface area contributed by atoms with Gasteiger partial charge in [0.15, 0.2) is 0 Å². The fourth-order valence-electron chi connectivity index (χ4n) is 4.30. The molecule has 1 atom stereocenters. The van der Waals surface area contributed by atoms with E-state index >= 15 is 0 Å². The molecule has 1 unspecified atom stereocenters. The molecule has 1 N–H and O–H groups in total. The van der Waals surface area contributed by atoms with E-state index in [1.54, 1.807) is 12.1 Å². The molecule has 0 aliphatic carbocycles. The lowest BCUT2D eigenvalue weighted by atomic mass is 10.2. The third-order valence-electron chi connectivity index (χ3n) is 6.00. The molecule has 3 saturated heterocycles. The molecule has 8 nitrogen and oxygen atoms in total. The fraction of sp³-hybridized carbons (Fsp3) is 0.667. The number of anilines is 2. The number of nitrogens with one attached hydrogen (secondary N) is 1. The molecule has 166 valence electrons. The molecule has 1 aromatic carbocycles. The van der Waals surface area contributed by atoms with Crippen LogP contribution < -0.4 is 10.2 Å². The molecule has 30 heavy (non-hydrogen) atoms. The van der Waals surface area contributed by atoms with Crippen molar-refractivity contribution < 1.29 is 22.7 Å². The number of amides is 1. The van der Waals surface area contributed by atoms with Gasteiger partial charge < -0.3 is 19.7 Å². The summed E-state index contributed by atoms with van der Waals surface area (Å²) in [7, 11) is -3.64. The molecule has 3 heterocycles. The summed E-state index contributed by atoms with van der Waals surface area (Å²) >= 11 is 0. The fourth-order valence-corrected chi connectivity index (χ4v) is 5.73. The average molecular weight is 438 g/mol. The van der Waals surface area contributed by atoms with Gasteiger partial charge in [-0.25, -0.2) is 8.42 Å². The van der Waals surface area contributed by atoms with Crippen LogP contribution in [0.3, 0.4) is 0 Å². The molecule has 3 aliphatic heterocycles. The summed E-state index contributed by atoms with van der Waals surface area (Å²) < 4.78 is 38.5. The van der Waals surface area contributed by atoms with E-state index in [4.69, 9.17) is 9.47 Å². The van der Waals surface area contributed by atoms with Crippen molar-refractivity contribution in [1.29, 1.82) is 0 Å². The van der Waals surface area contributed by atoms with Crippen LogP contribution >= 0.6 is 0 Å². The number of rotatable bonds is 5. The van der Waals surface area contributed by atoms with Crippen molar-refractivity contribution >= 4 is 27.3 Å². The van der Waals surface area contributed by atoms with Gasteiger partial charge in [0.25, 0.3) is 5.91 Å². The molecule has 0 aromatic heterocycles. The predicted octanol–water partition coefficient (Wildman–Crippen LogP) is 2.21. The molecule has 9 heteroatoms. The Balaban J connectivity index is 1.64. The second kappa shape index (κ2) is 9.64. The van der Waals surface area contributed by atoms with E-state index in [1.807, 2.05) is 6.07 Å². The third-order valence-corrected chi connectivity index (χ3v) is 7.90. The monoisotopic (exact) mass is 437 g/mol. The van der Waals surface area contributed by atoms with Gasteiger partial charge in [0.05, 0.1) is 29.5 Å². The smallest absolute Gasteiger partial charge is 0.253 e. The van der Waals surface area contributed by atoms with E-state index in [9.17, 15) is 13.2 Å². The Morgan fingerprint density at radius 2 is 1.70 bits per heavy atom. The Morgan fingerprint density at radius 3 is 2.37 bits per heavy atom. The minimum absolute atomic E-state index is 0.200. The number of nitrogens with zero attached hydrogens (tertiary/aromatic N) is 2. The number of hydrogen-bond donors (Lipinski definition) is 1. The van der Waals surface area contributed by atoms with Crippen LogP contribution in [0, 0.1) is 0 Å². The Hall–Kier alpha value is -1.68. The number of hydrogen-bond acceptors (Lipinski definition) is 6. The van der Waals surface area contributed by atoms with Crippen molar-refractivity contribution in [2.75, 3.05) is 56.2 Å². The first kappa shape index (κ1) is 21.5. The number of sulfonamides is 1. The molecular formula is C21H31N3O5S. The molecule has 0 bridgehead atoms. The van der Waals surface area contributed by atoms with Crippen molar-refractivity contribution in [3.05, 3.63) is 18.2 Å². The zero-order chi connectivity index (χ0) is 21.0. The largest absolute Gasteiger partial charge is 0.379 e. The molecule has 1 amide bonds. The Bertz CT molecular complexity index is 840. The average Bonchev–Trinajstić information content (AvgIpc) is 3.18. The van der Waals surface area contributed by atoms with E-state index in [1.165, 1.54) is 17.1 Å². The predicted molar refractivity (Wildman–Crippen MR) is 114 cm³/mol. The molecule has 0 spiro atoms. The van der Waals surface area contributed by atoms with E-state index in [0.717, 1.165) is 38.0 Å².